The van der Waals surface area contributed by atoms with Gasteiger partial charge in [-0.05, 0) is 30.5 Å². The van der Waals surface area contributed by atoms with Gasteiger partial charge in [-0.2, -0.15) is 0 Å². The van der Waals surface area contributed by atoms with Crippen molar-refractivity contribution in [1.82, 2.24) is 0 Å². The maximum atomic E-state index is 13.7. The first-order valence-corrected chi connectivity index (χ1v) is 5.42. The van der Waals surface area contributed by atoms with Crippen LogP contribution in [-0.4, -0.2) is 0 Å². The van der Waals surface area contributed by atoms with Crippen LogP contribution >= 0.6 is 0 Å². The lowest BCUT2D eigenvalue weighted by Crippen LogP contribution is -2.08. The summed E-state index contributed by atoms with van der Waals surface area (Å²) in [6.07, 6.45) is 0. The highest BCUT2D eigenvalue weighted by molar-refractivity contribution is 5.63. The molecule has 0 aliphatic carbocycles. The molecule has 0 unspecified atom stereocenters. The Bertz CT molecular complexity index is 449. The number of hydrogen-bond donors (Lipinski definition) is 0. The van der Waals surface area contributed by atoms with Gasteiger partial charge in [0.1, 0.15) is 5.67 Å². The molecule has 2 rings (SSSR count). The number of halogens is 1. The SMILES string of the molecule is CC(C)(F)c1ccc(-c2ccccc2)cc1. The van der Waals surface area contributed by atoms with Crippen LogP contribution < -0.4 is 0 Å². The van der Waals surface area contributed by atoms with Gasteiger partial charge in [-0.25, -0.2) is 4.39 Å². The molecular formula is C15H15F. The summed E-state index contributed by atoms with van der Waals surface area (Å²) in [4.78, 5) is 0. The fourth-order valence-electron chi connectivity index (χ4n) is 1.69. The van der Waals surface area contributed by atoms with Crippen molar-refractivity contribution in [2.45, 2.75) is 19.5 Å². The molecule has 0 aliphatic rings. The third-order valence-corrected chi connectivity index (χ3v) is 2.68. The molecule has 16 heavy (non-hydrogen) atoms. The molecule has 0 saturated carbocycles. The topological polar surface area (TPSA) is 0 Å². The van der Waals surface area contributed by atoms with E-state index < -0.39 is 5.67 Å². The van der Waals surface area contributed by atoms with Gasteiger partial charge >= 0.3 is 0 Å². The second-order valence-electron chi connectivity index (χ2n) is 4.42. The van der Waals surface area contributed by atoms with Crippen molar-refractivity contribution in [2.24, 2.45) is 0 Å². The molecule has 0 amide bonds. The largest absolute Gasteiger partial charge is 0.239 e. The maximum absolute atomic E-state index is 13.7. The summed E-state index contributed by atoms with van der Waals surface area (Å²) in [6.45, 7) is 3.15. The van der Waals surface area contributed by atoms with Gasteiger partial charge in [0.2, 0.25) is 0 Å². The highest BCUT2D eigenvalue weighted by Gasteiger charge is 2.17. The molecule has 2 aromatic carbocycles. The van der Waals surface area contributed by atoms with Crippen molar-refractivity contribution in [3.63, 3.8) is 0 Å². The predicted octanol–water partition coefficient (Wildman–Crippen LogP) is 4.56. The van der Waals surface area contributed by atoms with E-state index in [1.807, 2.05) is 42.5 Å². The quantitative estimate of drug-likeness (QED) is 0.687. The number of hydrogen-bond acceptors (Lipinski definition) is 0. The Morgan fingerprint density at radius 2 is 1.25 bits per heavy atom. The summed E-state index contributed by atoms with van der Waals surface area (Å²) in [5.41, 5.74) is 1.72. The zero-order chi connectivity index (χ0) is 11.6. The fourth-order valence-corrected chi connectivity index (χ4v) is 1.69. The Labute approximate surface area is 95.7 Å². The van der Waals surface area contributed by atoms with Gasteiger partial charge in [-0.15, -0.1) is 0 Å². The number of alkyl halides is 1. The van der Waals surface area contributed by atoms with Gasteiger partial charge in [0.15, 0.2) is 0 Å². The van der Waals surface area contributed by atoms with Gasteiger partial charge in [0, 0.05) is 0 Å². The van der Waals surface area contributed by atoms with E-state index in [0.29, 0.717) is 5.56 Å². The lowest BCUT2D eigenvalue weighted by molar-refractivity contribution is 0.221. The maximum Gasteiger partial charge on any atom is 0.130 e. The predicted molar refractivity (Wildman–Crippen MR) is 66.0 cm³/mol. The van der Waals surface area contributed by atoms with Gasteiger partial charge in [0.05, 0.1) is 0 Å². The summed E-state index contributed by atoms with van der Waals surface area (Å²) in [7, 11) is 0. The van der Waals surface area contributed by atoms with Crippen LogP contribution in [0.2, 0.25) is 0 Å². The molecule has 1 heteroatoms. The summed E-state index contributed by atoms with van der Waals surface area (Å²) in [5.74, 6) is 0. The molecule has 0 saturated heterocycles. The number of rotatable bonds is 2. The summed E-state index contributed by atoms with van der Waals surface area (Å²) in [5, 5.41) is 0. The van der Waals surface area contributed by atoms with Gasteiger partial charge < -0.3 is 0 Å². The summed E-state index contributed by atoms with van der Waals surface area (Å²) in [6, 6.07) is 17.7. The first-order chi connectivity index (χ1) is 7.57. The third kappa shape index (κ3) is 2.30. The molecule has 0 heterocycles. The smallest absolute Gasteiger partial charge is 0.130 e. The van der Waals surface area contributed by atoms with Crippen molar-refractivity contribution in [3.05, 3.63) is 60.2 Å². The van der Waals surface area contributed by atoms with Crippen LogP contribution in [0.4, 0.5) is 4.39 Å². The Kier molecular flexibility index (Phi) is 2.78. The number of benzene rings is 2. The van der Waals surface area contributed by atoms with Crippen LogP contribution in [0.25, 0.3) is 11.1 Å². The van der Waals surface area contributed by atoms with Crippen LogP contribution in [0.15, 0.2) is 54.6 Å². The average Bonchev–Trinajstić information content (AvgIpc) is 2.29. The molecule has 0 aliphatic heterocycles. The van der Waals surface area contributed by atoms with E-state index in [9.17, 15) is 4.39 Å². The van der Waals surface area contributed by atoms with Crippen LogP contribution in [-0.2, 0) is 5.67 Å². The molecule has 0 nitrogen and oxygen atoms in total. The molecule has 0 N–H and O–H groups in total. The Balaban J connectivity index is 2.34. The van der Waals surface area contributed by atoms with Gasteiger partial charge in [-0.3, -0.25) is 0 Å². The van der Waals surface area contributed by atoms with E-state index >= 15 is 0 Å². The van der Waals surface area contributed by atoms with Crippen molar-refractivity contribution in [3.8, 4) is 11.1 Å². The lowest BCUT2D eigenvalue weighted by atomic mass is 9.97. The molecule has 0 atom stereocenters. The minimum Gasteiger partial charge on any atom is -0.239 e. The molecule has 0 bridgehead atoms. The van der Waals surface area contributed by atoms with Gasteiger partial charge in [0.25, 0.3) is 0 Å². The first-order valence-electron chi connectivity index (χ1n) is 5.42. The van der Waals surface area contributed by atoms with Gasteiger partial charge in [-0.1, -0.05) is 54.6 Å². The standard InChI is InChI=1S/C15H15F/c1-15(2,16)14-10-8-13(9-11-14)12-6-4-3-5-7-12/h3-11H,1-2H3. The molecule has 0 fully saturated rings. The zero-order valence-electron chi connectivity index (χ0n) is 9.57. The highest BCUT2D eigenvalue weighted by atomic mass is 19.1. The van der Waals surface area contributed by atoms with Crippen molar-refractivity contribution in [1.29, 1.82) is 0 Å². The lowest BCUT2D eigenvalue weighted by Gasteiger charge is -2.14. The first kappa shape index (κ1) is 10.9. The summed E-state index contributed by atoms with van der Waals surface area (Å²) >= 11 is 0. The highest BCUT2D eigenvalue weighted by Crippen LogP contribution is 2.27. The second kappa shape index (κ2) is 4.09. The summed E-state index contributed by atoms with van der Waals surface area (Å²) < 4.78 is 13.7. The molecule has 0 spiro atoms. The van der Waals surface area contributed by atoms with E-state index in [1.54, 1.807) is 13.8 Å². The van der Waals surface area contributed by atoms with E-state index in [-0.39, 0.29) is 0 Å². The second-order valence-corrected chi connectivity index (χ2v) is 4.42. The van der Waals surface area contributed by atoms with E-state index in [1.165, 1.54) is 0 Å². The molecular weight excluding hydrogens is 199 g/mol. The monoisotopic (exact) mass is 214 g/mol. The molecule has 0 aromatic heterocycles. The minimum absolute atomic E-state index is 0.715. The molecule has 2 aromatic rings. The van der Waals surface area contributed by atoms with Crippen LogP contribution in [0.5, 0.6) is 0 Å². The molecule has 82 valence electrons. The minimum atomic E-state index is -1.27. The third-order valence-electron chi connectivity index (χ3n) is 2.68. The normalized spacial score (nSPS) is 11.4. The average molecular weight is 214 g/mol. The Hall–Kier alpha value is -1.63. The van der Waals surface area contributed by atoms with Crippen LogP contribution in [0.3, 0.4) is 0 Å². The van der Waals surface area contributed by atoms with Crippen molar-refractivity contribution < 1.29 is 4.39 Å². The Morgan fingerprint density at radius 3 is 1.75 bits per heavy atom. The van der Waals surface area contributed by atoms with E-state index in [0.717, 1.165) is 11.1 Å². The van der Waals surface area contributed by atoms with Crippen molar-refractivity contribution >= 4 is 0 Å². The zero-order valence-corrected chi connectivity index (χ0v) is 9.57. The Morgan fingerprint density at radius 1 is 0.750 bits per heavy atom. The fraction of sp³-hybridized carbons (Fsp3) is 0.200. The van der Waals surface area contributed by atoms with E-state index in [4.69, 9.17) is 0 Å². The van der Waals surface area contributed by atoms with Crippen molar-refractivity contribution in [2.75, 3.05) is 0 Å². The van der Waals surface area contributed by atoms with Crippen LogP contribution in [0, 0.1) is 0 Å². The van der Waals surface area contributed by atoms with Crippen LogP contribution in [0.1, 0.15) is 19.4 Å². The molecule has 0 radical (unpaired) electrons. The van der Waals surface area contributed by atoms with E-state index in [2.05, 4.69) is 12.1 Å².